The number of hydrogen-bond donors (Lipinski definition) is 2. The minimum absolute atomic E-state index is 1.24. The summed E-state index contributed by atoms with van der Waals surface area (Å²) in [6, 6.07) is 0. The molecule has 0 heterocycles. The van der Waals surface area contributed by atoms with Gasteiger partial charge in [0.05, 0.1) is 0 Å². The van der Waals surface area contributed by atoms with Crippen molar-refractivity contribution in [2.45, 2.75) is 12.1 Å². The molecule has 0 aliphatic heterocycles. The standard InChI is InChI=1S/C3H8ClNO/c1-3(4,6)5-2/h5-6H,1-2H3. The molecule has 0 rings (SSSR count). The first kappa shape index (κ1) is 6.21. The summed E-state index contributed by atoms with van der Waals surface area (Å²) in [6.07, 6.45) is 0. The Labute approximate surface area is 42.1 Å². The van der Waals surface area contributed by atoms with Crippen LogP contribution < -0.4 is 5.32 Å². The fourth-order valence-electron chi connectivity index (χ4n) is 0. The number of alkyl halides is 1. The van der Waals surface area contributed by atoms with Crippen molar-refractivity contribution in [2.75, 3.05) is 7.05 Å². The van der Waals surface area contributed by atoms with Gasteiger partial charge in [0.25, 0.3) is 0 Å². The molecule has 0 spiro atoms. The van der Waals surface area contributed by atoms with Crippen LogP contribution in [0.3, 0.4) is 0 Å². The molecule has 1 atom stereocenters. The molecule has 0 aliphatic rings. The monoisotopic (exact) mass is 109 g/mol. The zero-order chi connectivity index (χ0) is 5.21. The Kier molecular flexibility index (Phi) is 1.84. The molecule has 0 fully saturated rings. The highest BCUT2D eigenvalue weighted by molar-refractivity contribution is 6.22. The number of hydrogen-bond acceptors (Lipinski definition) is 2. The van der Waals surface area contributed by atoms with Crippen molar-refractivity contribution in [3.05, 3.63) is 0 Å². The minimum Gasteiger partial charge on any atom is -0.363 e. The Morgan fingerprint density at radius 3 is 2.00 bits per heavy atom. The molecule has 0 aromatic rings. The van der Waals surface area contributed by atoms with Crippen LogP contribution in [-0.4, -0.2) is 17.3 Å². The van der Waals surface area contributed by atoms with Crippen LogP contribution in [0.4, 0.5) is 0 Å². The van der Waals surface area contributed by atoms with E-state index in [0.29, 0.717) is 0 Å². The number of halogens is 1. The zero-order valence-electron chi connectivity index (χ0n) is 3.83. The lowest BCUT2D eigenvalue weighted by Gasteiger charge is -2.10. The van der Waals surface area contributed by atoms with Crippen LogP contribution in [0.25, 0.3) is 0 Å². The maximum Gasteiger partial charge on any atom is 0.190 e. The van der Waals surface area contributed by atoms with Gasteiger partial charge in [-0.05, 0) is 14.0 Å². The molecule has 0 aromatic heterocycles. The Morgan fingerprint density at radius 1 is 1.83 bits per heavy atom. The first-order valence-electron chi connectivity index (χ1n) is 1.66. The van der Waals surface area contributed by atoms with Crippen molar-refractivity contribution in [3.8, 4) is 0 Å². The van der Waals surface area contributed by atoms with Gasteiger partial charge < -0.3 is 5.11 Å². The summed E-state index contributed by atoms with van der Waals surface area (Å²) in [7, 11) is 1.58. The maximum absolute atomic E-state index is 8.48. The Hall–Kier alpha value is 0.210. The van der Waals surface area contributed by atoms with Gasteiger partial charge >= 0.3 is 0 Å². The first-order valence-corrected chi connectivity index (χ1v) is 2.04. The molecule has 0 aliphatic carbocycles. The summed E-state index contributed by atoms with van der Waals surface area (Å²) in [6.45, 7) is 1.45. The minimum atomic E-state index is -1.24. The van der Waals surface area contributed by atoms with Crippen molar-refractivity contribution >= 4 is 11.6 Å². The average molecular weight is 110 g/mol. The smallest absolute Gasteiger partial charge is 0.190 e. The van der Waals surface area contributed by atoms with Crippen LogP contribution in [0, 0.1) is 0 Å². The van der Waals surface area contributed by atoms with E-state index in [-0.39, 0.29) is 0 Å². The van der Waals surface area contributed by atoms with Crippen molar-refractivity contribution in [1.82, 2.24) is 5.32 Å². The topological polar surface area (TPSA) is 32.3 Å². The van der Waals surface area contributed by atoms with E-state index in [2.05, 4.69) is 5.32 Å². The fraction of sp³-hybridized carbons (Fsp3) is 1.00. The second-order valence-electron chi connectivity index (χ2n) is 1.20. The van der Waals surface area contributed by atoms with E-state index in [4.69, 9.17) is 16.7 Å². The van der Waals surface area contributed by atoms with Gasteiger partial charge in [-0.15, -0.1) is 0 Å². The molecule has 1 unspecified atom stereocenters. The van der Waals surface area contributed by atoms with E-state index in [9.17, 15) is 0 Å². The van der Waals surface area contributed by atoms with Gasteiger partial charge in [-0.1, -0.05) is 11.6 Å². The van der Waals surface area contributed by atoms with Crippen LogP contribution >= 0.6 is 11.6 Å². The van der Waals surface area contributed by atoms with Crippen molar-refractivity contribution < 1.29 is 5.11 Å². The third-order valence-corrected chi connectivity index (χ3v) is 0.645. The third kappa shape index (κ3) is 4.21. The van der Waals surface area contributed by atoms with Crippen molar-refractivity contribution in [3.63, 3.8) is 0 Å². The highest BCUT2D eigenvalue weighted by atomic mass is 35.5. The molecule has 2 nitrogen and oxygen atoms in total. The van der Waals surface area contributed by atoms with Crippen molar-refractivity contribution in [1.29, 1.82) is 0 Å². The Bertz CT molecular complexity index is 40.5. The first-order chi connectivity index (χ1) is 2.56. The summed E-state index contributed by atoms with van der Waals surface area (Å²) >= 11 is 5.16. The van der Waals surface area contributed by atoms with Crippen LogP contribution in [-0.2, 0) is 0 Å². The highest BCUT2D eigenvalue weighted by Gasteiger charge is 2.08. The molecule has 3 heteroatoms. The summed E-state index contributed by atoms with van der Waals surface area (Å²) in [5.41, 5.74) is 0. The maximum atomic E-state index is 8.48. The third-order valence-electron chi connectivity index (χ3n) is 0.456. The van der Waals surface area contributed by atoms with E-state index in [1.165, 1.54) is 6.92 Å². The molecule has 6 heavy (non-hydrogen) atoms. The fourth-order valence-corrected chi connectivity index (χ4v) is 0. The number of rotatable bonds is 1. The van der Waals surface area contributed by atoms with Crippen LogP contribution in [0.1, 0.15) is 6.92 Å². The summed E-state index contributed by atoms with van der Waals surface area (Å²) < 4.78 is 0. The molecular formula is C3H8ClNO. The molecule has 0 saturated heterocycles. The number of aliphatic hydroxyl groups is 1. The van der Waals surface area contributed by atoms with Gasteiger partial charge in [-0.3, -0.25) is 5.32 Å². The van der Waals surface area contributed by atoms with Gasteiger partial charge in [-0.25, -0.2) is 0 Å². The molecule has 0 saturated carbocycles. The van der Waals surface area contributed by atoms with E-state index >= 15 is 0 Å². The zero-order valence-corrected chi connectivity index (χ0v) is 4.58. The predicted molar refractivity (Wildman–Crippen MR) is 25.5 cm³/mol. The predicted octanol–water partition coefficient (Wildman–Crippen LogP) is 0.111. The lowest BCUT2D eigenvalue weighted by Crippen LogP contribution is -2.32. The Balaban J connectivity index is 3.17. The molecular weight excluding hydrogens is 101 g/mol. The lowest BCUT2D eigenvalue weighted by atomic mass is 10.7. The highest BCUT2D eigenvalue weighted by Crippen LogP contribution is 1.99. The van der Waals surface area contributed by atoms with Gasteiger partial charge in [0.1, 0.15) is 0 Å². The van der Waals surface area contributed by atoms with Gasteiger partial charge in [0, 0.05) is 0 Å². The summed E-state index contributed by atoms with van der Waals surface area (Å²) in [4.78, 5) is 0. The van der Waals surface area contributed by atoms with Crippen molar-refractivity contribution in [2.24, 2.45) is 0 Å². The largest absolute Gasteiger partial charge is 0.363 e. The summed E-state index contributed by atoms with van der Waals surface area (Å²) in [5.74, 6) is 0. The van der Waals surface area contributed by atoms with Gasteiger partial charge in [0.15, 0.2) is 5.18 Å². The quantitative estimate of drug-likeness (QED) is 0.285. The SMILES string of the molecule is CNC(C)(O)Cl. The molecule has 2 N–H and O–H groups in total. The normalized spacial score (nSPS) is 20.0. The Morgan fingerprint density at radius 2 is 2.00 bits per heavy atom. The van der Waals surface area contributed by atoms with Gasteiger partial charge in [0.2, 0.25) is 0 Å². The molecule has 0 aromatic carbocycles. The molecule has 0 radical (unpaired) electrons. The molecule has 0 amide bonds. The van der Waals surface area contributed by atoms with Crippen LogP contribution in [0.2, 0.25) is 0 Å². The van der Waals surface area contributed by atoms with Gasteiger partial charge in [-0.2, -0.15) is 0 Å². The number of nitrogens with one attached hydrogen (secondary N) is 1. The second kappa shape index (κ2) is 1.78. The molecule has 38 valence electrons. The lowest BCUT2D eigenvalue weighted by molar-refractivity contribution is 0.121. The average Bonchev–Trinajstić information content (AvgIpc) is 1.35. The summed E-state index contributed by atoms with van der Waals surface area (Å²) in [5, 5.41) is 9.67. The van der Waals surface area contributed by atoms with Crippen LogP contribution in [0.5, 0.6) is 0 Å². The second-order valence-corrected chi connectivity index (χ2v) is 1.94. The van der Waals surface area contributed by atoms with Crippen LogP contribution in [0.15, 0.2) is 0 Å². The van der Waals surface area contributed by atoms with E-state index < -0.39 is 5.18 Å². The van der Waals surface area contributed by atoms with E-state index in [1.807, 2.05) is 0 Å². The molecule has 0 bridgehead atoms. The van der Waals surface area contributed by atoms with E-state index in [1.54, 1.807) is 7.05 Å². The van der Waals surface area contributed by atoms with E-state index in [0.717, 1.165) is 0 Å².